The zero-order chi connectivity index (χ0) is 14.7. The summed E-state index contributed by atoms with van der Waals surface area (Å²) in [4.78, 5) is 17.7. The molecule has 20 heavy (non-hydrogen) atoms. The number of hydrogen-bond acceptors (Lipinski definition) is 4. The van der Waals surface area contributed by atoms with Crippen LogP contribution >= 0.6 is 0 Å². The molecule has 0 spiro atoms. The maximum Gasteiger partial charge on any atom is 0.252 e. The van der Waals surface area contributed by atoms with Crippen molar-refractivity contribution in [3.05, 3.63) is 12.7 Å². The molecule has 1 aliphatic heterocycles. The van der Waals surface area contributed by atoms with Crippen LogP contribution in [0.1, 0.15) is 13.3 Å². The average Bonchev–Trinajstić information content (AvgIpc) is 2.89. The van der Waals surface area contributed by atoms with Gasteiger partial charge in [0.2, 0.25) is 0 Å². The van der Waals surface area contributed by atoms with Crippen LogP contribution in [-0.2, 0) is 14.4 Å². The minimum atomic E-state index is -0.894. The van der Waals surface area contributed by atoms with Crippen molar-refractivity contribution in [3.63, 3.8) is 0 Å². The van der Waals surface area contributed by atoms with Gasteiger partial charge in [0.25, 0.3) is 5.91 Å². The Balaban J connectivity index is 1.92. The predicted molar refractivity (Wildman–Crippen MR) is 74.6 cm³/mol. The molecule has 0 aromatic carbocycles. The van der Waals surface area contributed by atoms with Crippen molar-refractivity contribution in [2.75, 3.05) is 19.8 Å². The first kappa shape index (κ1) is 15.5. The van der Waals surface area contributed by atoms with Crippen LogP contribution in [-0.4, -0.2) is 50.0 Å². The highest BCUT2D eigenvalue weighted by atomic mass is 16.7. The van der Waals surface area contributed by atoms with Crippen LogP contribution in [0.25, 0.3) is 0 Å². The molecule has 2 fully saturated rings. The Labute approximate surface area is 121 Å². The van der Waals surface area contributed by atoms with Crippen LogP contribution in [0.4, 0.5) is 0 Å². The van der Waals surface area contributed by atoms with Crippen molar-refractivity contribution in [1.29, 1.82) is 0 Å². The molecule has 2 radical (unpaired) electrons. The molecule has 4 unspecified atom stereocenters. The van der Waals surface area contributed by atoms with Crippen molar-refractivity contribution in [2.45, 2.75) is 25.9 Å². The monoisotopic (exact) mass is 279 g/mol. The molecular weight excluding hydrogens is 257 g/mol. The molecule has 5 nitrogen and oxygen atoms in total. The van der Waals surface area contributed by atoms with Crippen LogP contribution in [0.5, 0.6) is 0 Å². The summed E-state index contributed by atoms with van der Waals surface area (Å²) in [6.45, 7) is 6.89. The van der Waals surface area contributed by atoms with Crippen molar-refractivity contribution >= 4 is 13.8 Å². The van der Waals surface area contributed by atoms with Crippen LogP contribution in [0, 0.1) is 23.7 Å². The summed E-state index contributed by atoms with van der Waals surface area (Å²) in [7, 11) is 5.31. The van der Waals surface area contributed by atoms with E-state index in [1.165, 1.54) is 0 Å². The number of allylic oxidation sites excluding steroid dienone is 1. The van der Waals surface area contributed by atoms with Gasteiger partial charge in [-0.3, -0.25) is 9.63 Å². The first-order chi connectivity index (χ1) is 9.61. The van der Waals surface area contributed by atoms with E-state index in [2.05, 4.69) is 6.58 Å². The number of aliphatic hydroxyl groups excluding tert-OH is 1. The van der Waals surface area contributed by atoms with Gasteiger partial charge in [0.15, 0.2) is 6.23 Å². The lowest BCUT2D eigenvalue weighted by atomic mass is 9.89. The molecule has 1 amide bonds. The predicted octanol–water partition coefficient (Wildman–Crippen LogP) is 0.756. The van der Waals surface area contributed by atoms with Crippen molar-refractivity contribution in [3.8, 4) is 0 Å². The highest BCUT2D eigenvalue weighted by Crippen LogP contribution is 2.49. The molecule has 0 aromatic rings. The standard InChI is InChI=1S/C14H22BNO4/c1-3-10-8-9(2)11-12(10)14(18)16(13(11)17)20-7-6-19-5-4-15/h3,9-12,14,18H,1,4-8H2,2H3/t9?,10?,11?,12?,14-/m1/s1. The summed E-state index contributed by atoms with van der Waals surface area (Å²) >= 11 is 0. The first-order valence-electron chi connectivity index (χ1n) is 7.16. The van der Waals surface area contributed by atoms with E-state index in [0.29, 0.717) is 19.5 Å². The van der Waals surface area contributed by atoms with Crippen LogP contribution in [0.15, 0.2) is 12.7 Å². The Kier molecular flexibility index (Phi) is 5.24. The van der Waals surface area contributed by atoms with E-state index in [1.54, 1.807) is 0 Å². The number of aliphatic hydroxyl groups is 1. The molecule has 6 heteroatoms. The van der Waals surface area contributed by atoms with E-state index in [1.807, 2.05) is 13.0 Å². The van der Waals surface area contributed by atoms with E-state index >= 15 is 0 Å². The fourth-order valence-corrected chi connectivity index (χ4v) is 3.40. The number of hydroxylamine groups is 2. The van der Waals surface area contributed by atoms with Gasteiger partial charge < -0.3 is 9.84 Å². The van der Waals surface area contributed by atoms with Crippen LogP contribution in [0.3, 0.4) is 0 Å². The molecule has 5 atom stereocenters. The topological polar surface area (TPSA) is 59.0 Å². The van der Waals surface area contributed by atoms with Gasteiger partial charge in [-0.05, 0) is 18.3 Å². The Hall–Kier alpha value is -0.845. The number of rotatable bonds is 7. The summed E-state index contributed by atoms with van der Waals surface area (Å²) < 4.78 is 5.18. The number of ether oxygens (including phenoxy) is 1. The summed E-state index contributed by atoms with van der Waals surface area (Å²) in [6.07, 6.45) is 2.30. The second-order valence-corrected chi connectivity index (χ2v) is 5.53. The normalized spacial score (nSPS) is 36.4. The maximum atomic E-state index is 12.3. The van der Waals surface area contributed by atoms with Crippen molar-refractivity contribution < 1.29 is 19.5 Å². The third kappa shape index (κ3) is 2.78. The van der Waals surface area contributed by atoms with Gasteiger partial charge in [-0.2, -0.15) is 5.06 Å². The fraction of sp³-hybridized carbons (Fsp3) is 0.786. The Morgan fingerprint density at radius 3 is 2.90 bits per heavy atom. The van der Waals surface area contributed by atoms with E-state index in [9.17, 15) is 9.90 Å². The molecular formula is C14H22BNO4. The van der Waals surface area contributed by atoms with Gasteiger partial charge in [0.05, 0.1) is 27.0 Å². The van der Waals surface area contributed by atoms with Gasteiger partial charge in [0, 0.05) is 12.5 Å². The highest BCUT2D eigenvalue weighted by molar-refractivity contribution is 6.08. The average molecular weight is 279 g/mol. The quantitative estimate of drug-likeness (QED) is 0.424. The van der Waals surface area contributed by atoms with Crippen LogP contribution in [0.2, 0.25) is 6.32 Å². The summed E-state index contributed by atoms with van der Waals surface area (Å²) in [5, 5.41) is 11.4. The molecule has 2 rings (SSSR count). The molecule has 1 N–H and O–H groups in total. The summed E-state index contributed by atoms with van der Waals surface area (Å²) in [6, 6.07) is 0. The number of carbonyl (C=O) groups excluding carboxylic acids is 1. The summed E-state index contributed by atoms with van der Waals surface area (Å²) in [5.74, 6) is -0.000578. The molecule has 1 saturated heterocycles. The smallest absolute Gasteiger partial charge is 0.252 e. The van der Waals surface area contributed by atoms with E-state index in [4.69, 9.17) is 17.4 Å². The Morgan fingerprint density at radius 2 is 2.25 bits per heavy atom. The largest absolute Gasteiger partial charge is 0.380 e. The fourth-order valence-electron chi connectivity index (χ4n) is 3.40. The van der Waals surface area contributed by atoms with Crippen molar-refractivity contribution in [2.24, 2.45) is 23.7 Å². The summed E-state index contributed by atoms with van der Waals surface area (Å²) in [5.41, 5.74) is 0. The minimum Gasteiger partial charge on any atom is -0.380 e. The van der Waals surface area contributed by atoms with E-state index in [-0.39, 0.29) is 36.2 Å². The maximum absolute atomic E-state index is 12.3. The van der Waals surface area contributed by atoms with Gasteiger partial charge in [-0.1, -0.05) is 19.3 Å². The number of amides is 1. The third-order valence-corrected chi connectivity index (χ3v) is 4.28. The van der Waals surface area contributed by atoms with Gasteiger partial charge in [-0.25, -0.2) is 0 Å². The van der Waals surface area contributed by atoms with Crippen molar-refractivity contribution in [1.82, 2.24) is 5.06 Å². The molecule has 2 aliphatic rings. The van der Waals surface area contributed by atoms with E-state index in [0.717, 1.165) is 11.5 Å². The zero-order valence-electron chi connectivity index (χ0n) is 11.9. The number of hydrogen-bond donors (Lipinski definition) is 1. The SMILES string of the molecule is [B]CCOCCON1C(=O)C2C(C)CC(C=C)C2[C@H]1O. The van der Waals surface area contributed by atoms with Gasteiger partial charge in [0.1, 0.15) is 0 Å². The highest BCUT2D eigenvalue weighted by Gasteiger charge is 2.57. The van der Waals surface area contributed by atoms with Crippen LogP contribution < -0.4 is 0 Å². The van der Waals surface area contributed by atoms with E-state index < -0.39 is 6.23 Å². The van der Waals surface area contributed by atoms with Gasteiger partial charge >= 0.3 is 0 Å². The number of fused-ring (bicyclic) bond motifs is 1. The lowest BCUT2D eigenvalue weighted by molar-refractivity contribution is -0.231. The molecule has 1 saturated carbocycles. The second kappa shape index (κ2) is 6.74. The molecule has 110 valence electrons. The molecule has 0 aromatic heterocycles. The first-order valence-corrected chi connectivity index (χ1v) is 7.16. The molecule has 1 heterocycles. The van der Waals surface area contributed by atoms with Gasteiger partial charge in [-0.15, -0.1) is 6.58 Å². The Morgan fingerprint density at radius 1 is 1.50 bits per heavy atom. The number of carbonyl (C=O) groups is 1. The second-order valence-electron chi connectivity index (χ2n) is 5.53. The molecule has 1 aliphatic carbocycles. The number of nitrogens with zero attached hydrogens (tertiary/aromatic N) is 1. The lowest BCUT2D eigenvalue weighted by Gasteiger charge is -2.24. The lowest BCUT2D eigenvalue weighted by Crippen LogP contribution is -2.38. The zero-order valence-corrected chi connectivity index (χ0v) is 11.9. The third-order valence-electron chi connectivity index (χ3n) is 4.28. The Bertz CT molecular complexity index is 365. The minimum absolute atomic E-state index is 0.111. The molecule has 0 bridgehead atoms.